The Hall–Kier alpha value is -5.44. The quantitative estimate of drug-likeness (QED) is 0.158. The van der Waals surface area contributed by atoms with E-state index in [1.54, 1.807) is 37.3 Å². The maximum atomic E-state index is 14.4. The Kier molecular flexibility index (Phi) is 9.99. The van der Waals surface area contributed by atoms with Gasteiger partial charge in [-0.05, 0) is 55.0 Å². The molecule has 3 aromatic carbocycles. The van der Waals surface area contributed by atoms with Gasteiger partial charge in [0.25, 0.3) is 17.7 Å². The molecule has 1 aromatic heterocycles. The fraction of sp³-hybridized carbons (Fsp3) is 0.297. The van der Waals surface area contributed by atoms with Crippen LogP contribution in [0.2, 0.25) is 0 Å². The fourth-order valence-corrected chi connectivity index (χ4v) is 6.62. The van der Waals surface area contributed by atoms with Gasteiger partial charge in [0, 0.05) is 48.7 Å². The summed E-state index contributed by atoms with van der Waals surface area (Å²) in [6.07, 6.45) is -5.05. The van der Waals surface area contributed by atoms with E-state index in [1.807, 2.05) is 0 Å². The van der Waals surface area contributed by atoms with Crippen LogP contribution in [0.25, 0.3) is 5.69 Å². The molecule has 9 nitrogen and oxygen atoms in total. The number of carbonyl (C=O) groups excluding carboxylic acids is 3. The highest BCUT2D eigenvalue weighted by Crippen LogP contribution is 2.44. The van der Waals surface area contributed by atoms with Crippen molar-refractivity contribution in [3.8, 4) is 5.69 Å². The van der Waals surface area contributed by atoms with Crippen LogP contribution in [0.5, 0.6) is 0 Å². The SMILES string of the molecule is C=C(CN1CCC(F)(F)C1)C(=O)NCc1nn(-c2ccccc2)c2c1[C@H](c1ccc(F)cc1)[C@H](NC(=O)c1cccc(C(F)(F)F)c1)C(=O)N2CC. The zero-order chi connectivity index (χ0) is 37.4. The predicted molar refractivity (Wildman–Crippen MR) is 180 cm³/mol. The lowest BCUT2D eigenvalue weighted by Crippen LogP contribution is -2.55. The molecule has 15 heteroatoms. The topological polar surface area (TPSA) is 99.6 Å². The molecule has 0 radical (unpaired) electrons. The van der Waals surface area contributed by atoms with Crippen LogP contribution < -0.4 is 15.5 Å². The Morgan fingerprint density at radius 1 is 1.02 bits per heavy atom. The largest absolute Gasteiger partial charge is 0.416 e. The van der Waals surface area contributed by atoms with E-state index in [0.29, 0.717) is 28.7 Å². The van der Waals surface area contributed by atoms with Gasteiger partial charge in [0.05, 0.1) is 30.0 Å². The minimum absolute atomic E-state index is 0.0423. The molecule has 0 bridgehead atoms. The molecule has 6 rings (SSSR count). The lowest BCUT2D eigenvalue weighted by Gasteiger charge is -2.38. The second-order valence-electron chi connectivity index (χ2n) is 12.7. The summed E-state index contributed by atoms with van der Waals surface area (Å²) in [6.45, 7) is 4.86. The number of rotatable bonds is 10. The molecular formula is C37H34F6N6O3. The third kappa shape index (κ3) is 7.45. The summed E-state index contributed by atoms with van der Waals surface area (Å²) in [4.78, 5) is 44.1. The number of alkyl halides is 5. The Labute approximate surface area is 294 Å². The van der Waals surface area contributed by atoms with Gasteiger partial charge in [-0.1, -0.05) is 43.0 Å². The smallest absolute Gasteiger partial charge is 0.347 e. The number of likely N-dealkylation sites (N-methyl/N-ethyl adjacent to an activating group) is 1. The van der Waals surface area contributed by atoms with Crippen molar-refractivity contribution in [1.82, 2.24) is 25.3 Å². The van der Waals surface area contributed by atoms with Gasteiger partial charge in [-0.15, -0.1) is 0 Å². The molecule has 2 N–H and O–H groups in total. The maximum absolute atomic E-state index is 14.4. The third-order valence-electron chi connectivity index (χ3n) is 9.09. The van der Waals surface area contributed by atoms with E-state index >= 15 is 0 Å². The van der Waals surface area contributed by atoms with Crippen molar-refractivity contribution in [1.29, 1.82) is 0 Å². The summed E-state index contributed by atoms with van der Waals surface area (Å²) in [5.41, 5.74) is 0.219. The van der Waals surface area contributed by atoms with Gasteiger partial charge in [0.2, 0.25) is 5.91 Å². The number of halogens is 6. The van der Waals surface area contributed by atoms with E-state index < -0.39 is 59.7 Å². The zero-order valence-electron chi connectivity index (χ0n) is 27.9. The molecule has 0 spiro atoms. The molecule has 0 saturated carbocycles. The number of benzene rings is 3. The second-order valence-corrected chi connectivity index (χ2v) is 12.7. The predicted octanol–water partition coefficient (Wildman–Crippen LogP) is 5.84. The number of para-hydroxylation sites is 1. The Balaban J connectivity index is 1.42. The number of hydrogen-bond donors (Lipinski definition) is 2. The van der Waals surface area contributed by atoms with Crippen LogP contribution in [0.3, 0.4) is 0 Å². The fourth-order valence-electron chi connectivity index (χ4n) is 6.62. The normalized spacial score (nSPS) is 18.6. The van der Waals surface area contributed by atoms with Crippen molar-refractivity contribution in [3.63, 3.8) is 0 Å². The average molecular weight is 725 g/mol. The van der Waals surface area contributed by atoms with Gasteiger partial charge in [0.1, 0.15) is 17.7 Å². The lowest BCUT2D eigenvalue weighted by atomic mass is 9.80. The third-order valence-corrected chi connectivity index (χ3v) is 9.09. The van der Waals surface area contributed by atoms with E-state index in [4.69, 9.17) is 5.10 Å². The van der Waals surface area contributed by atoms with Crippen molar-refractivity contribution < 1.29 is 40.7 Å². The first-order chi connectivity index (χ1) is 24.7. The molecule has 3 amide bonds. The van der Waals surface area contributed by atoms with Gasteiger partial charge in [-0.2, -0.15) is 18.3 Å². The standard InChI is InChI=1S/C37H34F6N6O3/c1-3-48-34-30(28(46-49(34)27-10-5-4-6-11-27)19-44-32(50)22(2)20-47-17-16-36(39,40)21-47)29(23-12-14-26(38)15-13-23)31(35(48)52)45-33(51)24-8-7-9-25(18-24)37(41,42)43/h4-15,18,29,31H,2-3,16-17,19-21H2,1H3,(H,44,50)(H,45,51)/t29-,31-/m0/s1. The van der Waals surface area contributed by atoms with Crippen molar-refractivity contribution in [2.45, 2.75) is 43.9 Å². The number of nitrogens with zero attached hydrogens (tertiary/aromatic N) is 4. The van der Waals surface area contributed by atoms with E-state index in [2.05, 4.69) is 17.2 Å². The summed E-state index contributed by atoms with van der Waals surface area (Å²) < 4.78 is 83.9. The van der Waals surface area contributed by atoms with Crippen LogP contribution in [0.15, 0.2) is 91.0 Å². The number of aromatic nitrogens is 2. The molecule has 0 unspecified atom stereocenters. The van der Waals surface area contributed by atoms with Crippen LogP contribution in [0, 0.1) is 5.82 Å². The highest BCUT2D eigenvalue weighted by Gasteiger charge is 2.46. The number of hydrogen-bond acceptors (Lipinski definition) is 5. The zero-order valence-corrected chi connectivity index (χ0v) is 27.9. The summed E-state index contributed by atoms with van der Waals surface area (Å²) in [6, 6.07) is 16.4. The molecule has 4 aromatic rings. The highest BCUT2D eigenvalue weighted by molar-refractivity contribution is 6.05. The van der Waals surface area contributed by atoms with Crippen LogP contribution in [0.4, 0.5) is 32.2 Å². The van der Waals surface area contributed by atoms with E-state index in [1.165, 1.54) is 44.8 Å². The van der Waals surface area contributed by atoms with Crippen LogP contribution in [-0.2, 0) is 22.3 Å². The van der Waals surface area contributed by atoms with E-state index in [9.17, 15) is 40.7 Å². The molecular weight excluding hydrogens is 690 g/mol. The molecule has 2 atom stereocenters. The minimum Gasteiger partial charge on any atom is -0.347 e. The number of fused-ring (bicyclic) bond motifs is 1. The summed E-state index contributed by atoms with van der Waals surface area (Å²) in [5.74, 6) is -6.36. The molecule has 52 heavy (non-hydrogen) atoms. The average Bonchev–Trinajstić information content (AvgIpc) is 3.66. The van der Waals surface area contributed by atoms with Crippen molar-refractivity contribution >= 4 is 23.5 Å². The van der Waals surface area contributed by atoms with Gasteiger partial charge >= 0.3 is 6.18 Å². The molecule has 2 aliphatic heterocycles. The first-order valence-electron chi connectivity index (χ1n) is 16.4. The monoisotopic (exact) mass is 724 g/mol. The summed E-state index contributed by atoms with van der Waals surface area (Å²) in [7, 11) is 0. The van der Waals surface area contributed by atoms with Crippen LogP contribution >= 0.6 is 0 Å². The van der Waals surface area contributed by atoms with E-state index in [-0.39, 0.29) is 49.4 Å². The number of likely N-dealkylation sites (tertiary alicyclic amines) is 1. The Morgan fingerprint density at radius 3 is 2.37 bits per heavy atom. The Morgan fingerprint density at radius 2 is 1.73 bits per heavy atom. The molecule has 1 fully saturated rings. The summed E-state index contributed by atoms with van der Waals surface area (Å²) >= 11 is 0. The molecule has 1 saturated heterocycles. The van der Waals surface area contributed by atoms with E-state index in [0.717, 1.165) is 12.1 Å². The molecule has 3 heterocycles. The Bertz CT molecular complexity index is 2000. The maximum Gasteiger partial charge on any atom is 0.416 e. The van der Waals surface area contributed by atoms with Crippen LogP contribution in [-0.4, -0.2) is 70.5 Å². The number of nitrogens with one attached hydrogen (secondary N) is 2. The number of anilines is 1. The van der Waals surface area contributed by atoms with Gasteiger partial charge in [-0.25, -0.2) is 17.9 Å². The van der Waals surface area contributed by atoms with Crippen molar-refractivity contribution in [2.75, 3.05) is 31.1 Å². The van der Waals surface area contributed by atoms with Crippen molar-refractivity contribution in [2.24, 2.45) is 0 Å². The van der Waals surface area contributed by atoms with Gasteiger partial charge in [-0.3, -0.25) is 24.2 Å². The molecule has 0 aliphatic carbocycles. The molecule has 2 aliphatic rings. The lowest BCUT2D eigenvalue weighted by molar-refractivity contribution is -0.137. The number of amides is 3. The van der Waals surface area contributed by atoms with Gasteiger partial charge < -0.3 is 10.6 Å². The molecule has 272 valence electrons. The minimum atomic E-state index is -4.72. The first-order valence-corrected chi connectivity index (χ1v) is 16.4. The number of carbonyl (C=O) groups is 3. The summed E-state index contributed by atoms with van der Waals surface area (Å²) in [5, 5.41) is 10.2. The van der Waals surface area contributed by atoms with Crippen molar-refractivity contribution in [3.05, 3.63) is 125 Å². The van der Waals surface area contributed by atoms with Crippen LogP contribution in [0.1, 0.15) is 52.0 Å². The van der Waals surface area contributed by atoms with Gasteiger partial charge in [0.15, 0.2) is 0 Å². The highest BCUT2D eigenvalue weighted by atomic mass is 19.4. The second kappa shape index (κ2) is 14.3. The first kappa shape index (κ1) is 36.4.